The predicted octanol–water partition coefficient (Wildman–Crippen LogP) is 4.24. The maximum absolute atomic E-state index is 12.8. The highest BCUT2D eigenvalue weighted by molar-refractivity contribution is 5.94. The Bertz CT molecular complexity index is 836. The summed E-state index contributed by atoms with van der Waals surface area (Å²) in [6.45, 7) is 6.73. The van der Waals surface area contributed by atoms with Gasteiger partial charge in [0.2, 0.25) is 5.88 Å². The fraction of sp³-hybridized carbons (Fsp3) is 0.429. The number of carbonyl (C=O) groups excluding carboxylic acids is 1. The van der Waals surface area contributed by atoms with Gasteiger partial charge in [-0.25, -0.2) is 4.98 Å². The molecule has 156 valence electrons. The lowest BCUT2D eigenvalue weighted by molar-refractivity contribution is -0.137. The zero-order chi connectivity index (χ0) is 21.0. The van der Waals surface area contributed by atoms with Crippen molar-refractivity contribution >= 4 is 11.6 Å². The van der Waals surface area contributed by atoms with Gasteiger partial charge in [0, 0.05) is 49.6 Å². The highest BCUT2D eigenvalue weighted by Crippen LogP contribution is 2.31. The van der Waals surface area contributed by atoms with Crippen LogP contribution in [-0.4, -0.2) is 48.1 Å². The molecule has 2 aromatic rings. The van der Waals surface area contributed by atoms with Gasteiger partial charge < -0.3 is 14.5 Å². The number of alkyl halides is 3. The molecular weight excluding hydrogens is 383 g/mol. The summed E-state index contributed by atoms with van der Waals surface area (Å²) in [6, 6.07) is 9.25. The number of amides is 1. The number of anilines is 1. The van der Waals surface area contributed by atoms with E-state index in [0.29, 0.717) is 25.1 Å². The van der Waals surface area contributed by atoms with Crippen LogP contribution in [0.2, 0.25) is 0 Å². The first-order valence-electron chi connectivity index (χ1n) is 9.66. The largest absolute Gasteiger partial charge is 0.472 e. The van der Waals surface area contributed by atoms with E-state index in [1.807, 2.05) is 12.1 Å². The van der Waals surface area contributed by atoms with Gasteiger partial charge in [-0.1, -0.05) is 0 Å². The molecule has 1 saturated heterocycles. The van der Waals surface area contributed by atoms with Gasteiger partial charge in [-0.3, -0.25) is 4.79 Å². The summed E-state index contributed by atoms with van der Waals surface area (Å²) in [5.41, 5.74) is 0.838. The number of nitrogens with zero attached hydrogens (tertiary/aromatic N) is 3. The number of ether oxygens (including phenoxy) is 1. The molecule has 0 N–H and O–H groups in total. The molecule has 0 spiro atoms. The Labute approximate surface area is 168 Å². The Kier molecular flexibility index (Phi) is 6.30. The van der Waals surface area contributed by atoms with E-state index in [0.717, 1.165) is 37.1 Å². The molecule has 29 heavy (non-hydrogen) atoms. The fourth-order valence-electron chi connectivity index (χ4n) is 3.42. The minimum atomic E-state index is -4.45. The Morgan fingerprint density at radius 3 is 2.52 bits per heavy atom. The standard InChI is InChI=1S/C21H24F3N3O2/c1-3-26(4-2)17-7-5-15(6-8-17)20(28)27-12-10-18(14-27)29-19-13-16(9-11-25-19)21(22,23)24/h5-9,11,13,18H,3-4,10,12,14H2,1-2H3. The molecule has 1 unspecified atom stereocenters. The number of benzene rings is 1. The lowest BCUT2D eigenvalue weighted by Crippen LogP contribution is -2.31. The Morgan fingerprint density at radius 2 is 1.90 bits per heavy atom. The number of carbonyl (C=O) groups is 1. The Balaban J connectivity index is 1.61. The minimum absolute atomic E-state index is 0.0808. The van der Waals surface area contributed by atoms with Crippen molar-refractivity contribution in [3.63, 3.8) is 0 Å². The van der Waals surface area contributed by atoms with Crippen LogP contribution >= 0.6 is 0 Å². The van der Waals surface area contributed by atoms with Gasteiger partial charge in [0.25, 0.3) is 5.91 Å². The first-order chi connectivity index (χ1) is 13.8. The molecule has 3 rings (SSSR count). The molecule has 1 aliphatic rings. The highest BCUT2D eigenvalue weighted by Gasteiger charge is 2.32. The second-order valence-corrected chi connectivity index (χ2v) is 6.88. The van der Waals surface area contributed by atoms with Crippen LogP contribution in [0.1, 0.15) is 36.2 Å². The number of pyridine rings is 1. The predicted molar refractivity (Wildman–Crippen MR) is 104 cm³/mol. The van der Waals surface area contributed by atoms with Gasteiger partial charge in [0.15, 0.2) is 0 Å². The van der Waals surface area contributed by atoms with E-state index in [-0.39, 0.29) is 17.9 Å². The van der Waals surface area contributed by atoms with Crippen molar-refractivity contribution in [2.45, 2.75) is 32.5 Å². The smallest absolute Gasteiger partial charge is 0.416 e. The summed E-state index contributed by atoms with van der Waals surface area (Å²) in [7, 11) is 0. The molecule has 0 aliphatic carbocycles. The summed E-state index contributed by atoms with van der Waals surface area (Å²) < 4.78 is 44.1. The van der Waals surface area contributed by atoms with Crippen molar-refractivity contribution in [3.8, 4) is 5.88 Å². The lowest BCUT2D eigenvalue weighted by atomic mass is 10.1. The molecule has 1 amide bonds. The van der Waals surface area contributed by atoms with Gasteiger partial charge >= 0.3 is 6.18 Å². The molecule has 1 atom stereocenters. The van der Waals surface area contributed by atoms with E-state index in [1.54, 1.807) is 17.0 Å². The summed E-state index contributed by atoms with van der Waals surface area (Å²) in [5, 5.41) is 0. The number of likely N-dealkylation sites (tertiary alicyclic amines) is 1. The van der Waals surface area contributed by atoms with Crippen LogP contribution < -0.4 is 9.64 Å². The average molecular weight is 407 g/mol. The van der Waals surface area contributed by atoms with E-state index in [9.17, 15) is 18.0 Å². The maximum Gasteiger partial charge on any atom is 0.416 e. The van der Waals surface area contributed by atoms with Gasteiger partial charge in [0.1, 0.15) is 6.10 Å². The van der Waals surface area contributed by atoms with Crippen LogP contribution in [0.15, 0.2) is 42.6 Å². The number of hydrogen-bond acceptors (Lipinski definition) is 4. The number of aromatic nitrogens is 1. The van der Waals surface area contributed by atoms with Gasteiger partial charge in [0.05, 0.1) is 12.1 Å². The lowest BCUT2D eigenvalue weighted by Gasteiger charge is -2.22. The zero-order valence-electron chi connectivity index (χ0n) is 16.4. The van der Waals surface area contributed by atoms with Crippen LogP contribution in [-0.2, 0) is 6.18 Å². The average Bonchev–Trinajstić information content (AvgIpc) is 3.17. The number of hydrogen-bond donors (Lipinski definition) is 0. The summed E-state index contributed by atoms with van der Waals surface area (Å²) in [5.74, 6) is -0.193. The second kappa shape index (κ2) is 8.71. The third-order valence-electron chi connectivity index (χ3n) is 5.02. The Morgan fingerprint density at radius 1 is 1.21 bits per heavy atom. The van der Waals surface area contributed by atoms with Crippen LogP contribution in [0.4, 0.5) is 18.9 Å². The SMILES string of the molecule is CCN(CC)c1ccc(C(=O)N2CCC(Oc3cc(C(F)(F)F)ccn3)C2)cc1. The van der Waals surface area contributed by atoms with E-state index in [1.165, 1.54) is 0 Å². The summed E-state index contributed by atoms with van der Waals surface area (Å²) >= 11 is 0. The van der Waals surface area contributed by atoms with Crippen molar-refractivity contribution in [1.82, 2.24) is 9.88 Å². The molecule has 1 aromatic carbocycles. The quantitative estimate of drug-likeness (QED) is 0.719. The van der Waals surface area contributed by atoms with Crippen molar-refractivity contribution < 1.29 is 22.7 Å². The van der Waals surface area contributed by atoms with Crippen LogP contribution in [0.25, 0.3) is 0 Å². The van der Waals surface area contributed by atoms with E-state index >= 15 is 0 Å². The molecule has 5 nitrogen and oxygen atoms in total. The summed E-state index contributed by atoms with van der Waals surface area (Å²) in [4.78, 5) is 20.4. The van der Waals surface area contributed by atoms with Crippen molar-refractivity contribution in [2.24, 2.45) is 0 Å². The van der Waals surface area contributed by atoms with Gasteiger partial charge in [-0.15, -0.1) is 0 Å². The molecule has 8 heteroatoms. The topological polar surface area (TPSA) is 45.7 Å². The molecule has 1 aromatic heterocycles. The maximum atomic E-state index is 12.8. The van der Waals surface area contributed by atoms with Gasteiger partial charge in [-0.2, -0.15) is 13.2 Å². The molecule has 1 fully saturated rings. The van der Waals surface area contributed by atoms with Gasteiger partial charge in [-0.05, 0) is 44.2 Å². The Hall–Kier alpha value is -2.77. The number of halogens is 3. The zero-order valence-corrected chi connectivity index (χ0v) is 16.4. The molecule has 0 bridgehead atoms. The first-order valence-corrected chi connectivity index (χ1v) is 9.66. The molecule has 0 radical (unpaired) electrons. The van der Waals surface area contributed by atoms with Crippen molar-refractivity contribution in [3.05, 3.63) is 53.7 Å². The van der Waals surface area contributed by atoms with Crippen LogP contribution in [0.3, 0.4) is 0 Å². The normalized spacial score (nSPS) is 16.7. The van der Waals surface area contributed by atoms with Crippen molar-refractivity contribution in [1.29, 1.82) is 0 Å². The monoisotopic (exact) mass is 407 g/mol. The molecule has 2 heterocycles. The van der Waals surface area contributed by atoms with E-state index < -0.39 is 11.7 Å². The molecule has 1 aliphatic heterocycles. The highest BCUT2D eigenvalue weighted by atomic mass is 19.4. The molecular formula is C21H24F3N3O2. The fourth-order valence-corrected chi connectivity index (χ4v) is 3.42. The summed E-state index contributed by atoms with van der Waals surface area (Å²) in [6.07, 6.45) is -3.21. The second-order valence-electron chi connectivity index (χ2n) is 6.88. The number of rotatable bonds is 6. The minimum Gasteiger partial charge on any atom is -0.472 e. The van der Waals surface area contributed by atoms with Crippen LogP contribution in [0.5, 0.6) is 5.88 Å². The molecule has 0 saturated carbocycles. The van der Waals surface area contributed by atoms with E-state index in [4.69, 9.17) is 4.74 Å². The first kappa shape index (κ1) is 21.0. The van der Waals surface area contributed by atoms with Crippen LogP contribution in [0, 0.1) is 0 Å². The van der Waals surface area contributed by atoms with E-state index in [2.05, 4.69) is 23.7 Å². The third-order valence-corrected chi connectivity index (χ3v) is 5.02. The van der Waals surface area contributed by atoms with Crippen molar-refractivity contribution in [2.75, 3.05) is 31.1 Å². The third kappa shape index (κ3) is 4.99.